The number of esters is 1. The van der Waals surface area contributed by atoms with Gasteiger partial charge in [0.25, 0.3) is 0 Å². The van der Waals surface area contributed by atoms with Crippen LogP contribution in [-0.2, 0) is 19.1 Å². The number of unbranched alkanes of at least 4 members (excludes halogenated alkanes) is 1. The van der Waals surface area contributed by atoms with Gasteiger partial charge in [-0.1, -0.05) is 0 Å². The molecule has 1 amide bonds. The Hall–Kier alpha value is -1.54. The molecule has 0 fully saturated rings. The third-order valence-corrected chi connectivity index (χ3v) is 2.07. The summed E-state index contributed by atoms with van der Waals surface area (Å²) in [5.74, 6) is 1.68. The zero-order valence-electron chi connectivity index (χ0n) is 10.3. The summed E-state index contributed by atoms with van der Waals surface area (Å²) in [6, 6.07) is -0.652. The lowest BCUT2D eigenvalue weighted by Crippen LogP contribution is -2.43. The van der Waals surface area contributed by atoms with Crippen molar-refractivity contribution in [2.45, 2.75) is 32.2 Å². The van der Waals surface area contributed by atoms with Crippen LogP contribution in [0.3, 0.4) is 0 Å². The van der Waals surface area contributed by atoms with Crippen molar-refractivity contribution in [3.63, 3.8) is 0 Å². The first-order valence-electron chi connectivity index (χ1n) is 5.54. The minimum Gasteiger partial charge on any atom is -0.467 e. The number of carbonyl (C=O) groups excluding carboxylic acids is 2. The Balaban J connectivity index is 4.14. The van der Waals surface area contributed by atoms with Crippen LogP contribution in [0, 0.1) is 12.3 Å². The molecule has 0 aromatic carbocycles. The SMILES string of the molecule is C#CCCC[C@@H](NC(=O)COCC)C(=O)OC. The fraction of sp³-hybridized carbons (Fsp3) is 0.667. The number of carbonyl (C=O) groups is 2. The van der Waals surface area contributed by atoms with E-state index in [4.69, 9.17) is 11.2 Å². The first-order valence-corrected chi connectivity index (χ1v) is 5.54. The Labute approximate surface area is 102 Å². The second kappa shape index (κ2) is 9.67. The molecule has 0 aliphatic rings. The number of nitrogens with one attached hydrogen (secondary N) is 1. The van der Waals surface area contributed by atoms with Crippen LogP contribution in [0.25, 0.3) is 0 Å². The molecule has 96 valence electrons. The molecule has 0 aliphatic carbocycles. The van der Waals surface area contributed by atoms with E-state index in [1.807, 2.05) is 0 Å². The Kier molecular flexibility index (Phi) is 8.79. The van der Waals surface area contributed by atoms with Crippen molar-refractivity contribution < 1.29 is 19.1 Å². The average molecular weight is 241 g/mol. The standard InChI is InChI=1S/C12H19NO4/c1-4-6-7-8-10(12(15)16-3)13-11(14)9-17-5-2/h1,10H,5-9H2,2-3H3,(H,13,14)/t10-/m1/s1. The van der Waals surface area contributed by atoms with E-state index in [1.54, 1.807) is 6.92 Å². The molecule has 0 saturated carbocycles. The van der Waals surface area contributed by atoms with Gasteiger partial charge < -0.3 is 14.8 Å². The second-order valence-corrected chi connectivity index (χ2v) is 3.38. The van der Waals surface area contributed by atoms with Crippen molar-refractivity contribution in [3.8, 4) is 12.3 Å². The Morgan fingerprint density at radius 3 is 2.71 bits per heavy atom. The van der Waals surface area contributed by atoms with Crippen LogP contribution in [0.2, 0.25) is 0 Å². The maximum atomic E-state index is 11.4. The maximum Gasteiger partial charge on any atom is 0.328 e. The average Bonchev–Trinajstić information content (AvgIpc) is 2.34. The fourth-order valence-electron chi connectivity index (χ4n) is 1.23. The molecule has 0 aromatic rings. The number of terminal acetylenes is 1. The quantitative estimate of drug-likeness (QED) is 0.381. The topological polar surface area (TPSA) is 64.6 Å². The molecule has 0 aromatic heterocycles. The minimum atomic E-state index is -0.652. The van der Waals surface area contributed by atoms with Crippen molar-refractivity contribution in [2.24, 2.45) is 0 Å². The highest BCUT2D eigenvalue weighted by atomic mass is 16.5. The summed E-state index contributed by atoms with van der Waals surface area (Å²) >= 11 is 0. The molecule has 0 heterocycles. The lowest BCUT2D eigenvalue weighted by Gasteiger charge is -2.15. The molecular weight excluding hydrogens is 222 g/mol. The molecule has 1 N–H and O–H groups in total. The van der Waals surface area contributed by atoms with Crippen molar-refractivity contribution in [1.82, 2.24) is 5.32 Å². The van der Waals surface area contributed by atoms with Crippen molar-refractivity contribution in [1.29, 1.82) is 0 Å². The highest BCUT2D eigenvalue weighted by Gasteiger charge is 2.20. The monoisotopic (exact) mass is 241 g/mol. The van der Waals surface area contributed by atoms with Crippen LogP contribution in [0.1, 0.15) is 26.2 Å². The van der Waals surface area contributed by atoms with Gasteiger partial charge in [-0.3, -0.25) is 4.79 Å². The summed E-state index contributed by atoms with van der Waals surface area (Å²) in [6.45, 7) is 2.19. The largest absolute Gasteiger partial charge is 0.467 e. The molecule has 17 heavy (non-hydrogen) atoms. The van der Waals surface area contributed by atoms with Crippen LogP contribution >= 0.6 is 0 Å². The molecule has 0 saturated heterocycles. The van der Waals surface area contributed by atoms with Gasteiger partial charge in [-0.25, -0.2) is 4.79 Å². The van der Waals surface area contributed by atoms with E-state index in [0.29, 0.717) is 25.9 Å². The van der Waals surface area contributed by atoms with Crippen LogP contribution in [0.15, 0.2) is 0 Å². The van der Waals surface area contributed by atoms with E-state index < -0.39 is 12.0 Å². The number of rotatable bonds is 8. The molecule has 5 nitrogen and oxygen atoms in total. The summed E-state index contributed by atoms with van der Waals surface area (Å²) in [5, 5.41) is 2.55. The normalized spacial score (nSPS) is 11.4. The van der Waals surface area contributed by atoms with Gasteiger partial charge in [0, 0.05) is 13.0 Å². The Morgan fingerprint density at radius 2 is 2.18 bits per heavy atom. The van der Waals surface area contributed by atoms with Crippen molar-refractivity contribution >= 4 is 11.9 Å². The van der Waals surface area contributed by atoms with Crippen LogP contribution in [0.4, 0.5) is 0 Å². The molecule has 0 unspecified atom stereocenters. The fourth-order valence-corrected chi connectivity index (χ4v) is 1.23. The first-order chi connectivity index (χ1) is 8.15. The number of ether oxygens (including phenoxy) is 2. The van der Waals surface area contributed by atoms with E-state index in [1.165, 1.54) is 7.11 Å². The number of amides is 1. The van der Waals surface area contributed by atoms with E-state index in [-0.39, 0.29) is 12.5 Å². The van der Waals surface area contributed by atoms with Gasteiger partial charge in [-0.15, -0.1) is 12.3 Å². The third kappa shape index (κ3) is 7.36. The summed E-state index contributed by atoms with van der Waals surface area (Å²) in [7, 11) is 1.28. The number of hydrogen-bond acceptors (Lipinski definition) is 4. The van der Waals surface area contributed by atoms with Crippen LogP contribution in [0.5, 0.6) is 0 Å². The molecule has 0 aliphatic heterocycles. The van der Waals surface area contributed by atoms with Gasteiger partial charge in [0.1, 0.15) is 12.6 Å². The van der Waals surface area contributed by atoms with Crippen LogP contribution in [-0.4, -0.2) is 38.2 Å². The van der Waals surface area contributed by atoms with Gasteiger partial charge in [0.05, 0.1) is 7.11 Å². The van der Waals surface area contributed by atoms with E-state index in [2.05, 4.69) is 16.0 Å². The number of hydrogen-bond donors (Lipinski definition) is 1. The van der Waals surface area contributed by atoms with Gasteiger partial charge in [0.2, 0.25) is 5.91 Å². The third-order valence-electron chi connectivity index (χ3n) is 2.07. The second-order valence-electron chi connectivity index (χ2n) is 3.38. The summed E-state index contributed by atoms with van der Waals surface area (Å²) in [5.41, 5.74) is 0. The lowest BCUT2D eigenvalue weighted by molar-refractivity contribution is -0.145. The zero-order valence-corrected chi connectivity index (χ0v) is 10.3. The smallest absolute Gasteiger partial charge is 0.328 e. The van der Waals surface area contributed by atoms with E-state index in [9.17, 15) is 9.59 Å². The molecule has 5 heteroatoms. The maximum absolute atomic E-state index is 11.4. The zero-order chi connectivity index (χ0) is 13.1. The first kappa shape index (κ1) is 15.5. The molecular formula is C12H19NO4. The molecule has 1 atom stereocenters. The Morgan fingerprint density at radius 1 is 1.47 bits per heavy atom. The predicted octanol–water partition coefficient (Wildman–Crippen LogP) is 0.484. The summed E-state index contributed by atoms with van der Waals surface area (Å²) in [4.78, 5) is 22.8. The molecule has 0 bridgehead atoms. The van der Waals surface area contributed by atoms with Gasteiger partial charge >= 0.3 is 5.97 Å². The molecule has 0 rings (SSSR count). The lowest BCUT2D eigenvalue weighted by atomic mass is 10.1. The van der Waals surface area contributed by atoms with E-state index in [0.717, 1.165) is 0 Å². The van der Waals surface area contributed by atoms with E-state index >= 15 is 0 Å². The highest BCUT2D eigenvalue weighted by molar-refractivity contribution is 5.84. The van der Waals surface area contributed by atoms with Crippen molar-refractivity contribution in [3.05, 3.63) is 0 Å². The Bertz CT molecular complexity index is 283. The van der Waals surface area contributed by atoms with Gasteiger partial charge in [0.15, 0.2) is 0 Å². The predicted molar refractivity (Wildman–Crippen MR) is 63.1 cm³/mol. The number of methoxy groups -OCH3 is 1. The van der Waals surface area contributed by atoms with Gasteiger partial charge in [-0.2, -0.15) is 0 Å². The highest BCUT2D eigenvalue weighted by Crippen LogP contribution is 2.02. The van der Waals surface area contributed by atoms with Crippen molar-refractivity contribution in [2.75, 3.05) is 20.3 Å². The van der Waals surface area contributed by atoms with Gasteiger partial charge in [-0.05, 0) is 19.8 Å². The summed E-state index contributed by atoms with van der Waals surface area (Å²) in [6.07, 6.45) is 6.81. The minimum absolute atomic E-state index is 0.0564. The van der Waals surface area contributed by atoms with Crippen LogP contribution < -0.4 is 5.32 Å². The molecule has 0 radical (unpaired) electrons. The molecule has 0 spiro atoms. The summed E-state index contributed by atoms with van der Waals surface area (Å²) < 4.78 is 9.54.